The molecule has 0 aliphatic carbocycles. The van der Waals surface area contributed by atoms with Crippen LogP contribution in [0.25, 0.3) is 0 Å². The van der Waals surface area contributed by atoms with Gasteiger partial charge >= 0.3 is 0 Å². The highest BCUT2D eigenvalue weighted by Crippen LogP contribution is 2.34. The first-order chi connectivity index (χ1) is 15.9. The number of methoxy groups -OCH3 is 2. The van der Waals surface area contributed by atoms with Crippen molar-refractivity contribution in [2.75, 3.05) is 33.9 Å². The molecule has 1 saturated heterocycles. The number of carbonyl (C=O) groups excluding carboxylic acids is 1. The van der Waals surface area contributed by atoms with Crippen LogP contribution in [0, 0.1) is 0 Å². The molecule has 2 aliphatic heterocycles. The molecule has 2 heterocycles. The van der Waals surface area contributed by atoms with Gasteiger partial charge in [-0.1, -0.05) is 6.07 Å². The zero-order chi connectivity index (χ0) is 23.4. The lowest BCUT2D eigenvalue weighted by molar-refractivity contribution is -0.142. The number of hydrogen-bond donors (Lipinski definition) is 1. The van der Waals surface area contributed by atoms with Crippen LogP contribution >= 0.6 is 0 Å². The Bertz CT molecular complexity index is 1110. The molecule has 0 bridgehead atoms. The predicted molar refractivity (Wildman–Crippen MR) is 120 cm³/mol. The Labute approximate surface area is 193 Å². The Morgan fingerprint density at radius 1 is 1.03 bits per heavy atom. The third-order valence-corrected chi connectivity index (χ3v) is 7.14. The van der Waals surface area contributed by atoms with Crippen molar-refractivity contribution in [2.45, 2.75) is 36.8 Å². The van der Waals surface area contributed by atoms with Gasteiger partial charge in [-0.25, -0.2) is 13.1 Å². The first-order valence-electron chi connectivity index (χ1n) is 10.8. The van der Waals surface area contributed by atoms with Crippen LogP contribution in [0.5, 0.6) is 23.0 Å². The molecule has 1 amide bonds. The third kappa shape index (κ3) is 5.17. The van der Waals surface area contributed by atoms with E-state index in [0.717, 1.165) is 32.4 Å². The van der Waals surface area contributed by atoms with Crippen molar-refractivity contribution in [3.63, 3.8) is 0 Å². The molecular weight excluding hydrogens is 448 g/mol. The van der Waals surface area contributed by atoms with E-state index < -0.39 is 16.1 Å². The van der Waals surface area contributed by atoms with E-state index in [4.69, 9.17) is 18.9 Å². The number of benzene rings is 2. The van der Waals surface area contributed by atoms with Crippen LogP contribution in [-0.2, 0) is 21.4 Å². The fraction of sp³-hybridized carbons (Fsp3) is 0.435. The molecule has 1 N–H and O–H groups in total. The Morgan fingerprint density at radius 3 is 2.52 bits per heavy atom. The summed E-state index contributed by atoms with van der Waals surface area (Å²) in [6.07, 6.45) is 2.40. The van der Waals surface area contributed by atoms with E-state index in [-0.39, 0.29) is 24.0 Å². The summed E-state index contributed by atoms with van der Waals surface area (Å²) in [5.41, 5.74) is 0.716. The molecule has 0 saturated carbocycles. The molecule has 178 valence electrons. The first-order valence-corrected chi connectivity index (χ1v) is 12.3. The number of rotatable bonds is 7. The quantitative estimate of drug-likeness (QED) is 0.654. The van der Waals surface area contributed by atoms with Crippen LogP contribution in [0.4, 0.5) is 0 Å². The lowest BCUT2D eigenvalue weighted by atomic mass is 10.1. The molecule has 10 heteroatoms. The normalized spacial score (nSPS) is 18.0. The highest BCUT2D eigenvalue weighted by molar-refractivity contribution is 7.89. The zero-order valence-electron chi connectivity index (χ0n) is 18.7. The van der Waals surface area contributed by atoms with E-state index in [1.54, 1.807) is 23.1 Å². The molecule has 2 aliphatic rings. The summed E-state index contributed by atoms with van der Waals surface area (Å²) in [5, 5.41) is 0. The van der Waals surface area contributed by atoms with Gasteiger partial charge in [0.15, 0.2) is 23.0 Å². The number of carbonyl (C=O) groups is 1. The van der Waals surface area contributed by atoms with E-state index in [2.05, 4.69) is 4.72 Å². The number of fused-ring (bicyclic) bond motifs is 1. The van der Waals surface area contributed by atoms with Crippen LogP contribution < -0.4 is 23.7 Å². The van der Waals surface area contributed by atoms with Crippen molar-refractivity contribution in [1.29, 1.82) is 0 Å². The van der Waals surface area contributed by atoms with Crippen molar-refractivity contribution in [3.05, 3.63) is 42.0 Å². The maximum absolute atomic E-state index is 12.8. The van der Waals surface area contributed by atoms with Crippen LogP contribution in [0.1, 0.15) is 24.8 Å². The Hall–Kier alpha value is -2.98. The second-order valence-electron chi connectivity index (χ2n) is 7.93. The number of sulfonamides is 1. The number of piperidine rings is 1. The van der Waals surface area contributed by atoms with E-state index in [9.17, 15) is 13.2 Å². The predicted octanol–water partition coefficient (Wildman–Crippen LogP) is 2.33. The molecule has 2 aromatic carbocycles. The lowest BCUT2D eigenvalue weighted by Gasteiger charge is -2.32. The van der Waals surface area contributed by atoms with Gasteiger partial charge < -0.3 is 23.8 Å². The minimum atomic E-state index is -3.81. The summed E-state index contributed by atoms with van der Waals surface area (Å²) in [5.74, 6) is 1.64. The molecule has 0 aromatic heterocycles. The van der Waals surface area contributed by atoms with Gasteiger partial charge in [0, 0.05) is 25.7 Å². The SMILES string of the molecule is COc1ccc(CNS(=O)(=O)c2ccc3c(c2)OC[C@@H](C(=O)N2CCCCC2)O3)cc1OC. The summed E-state index contributed by atoms with van der Waals surface area (Å²) in [4.78, 5) is 14.5. The summed E-state index contributed by atoms with van der Waals surface area (Å²) >= 11 is 0. The summed E-state index contributed by atoms with van der Waals surface area (Å²) in [6, 6.07) is 9.56. The highest BCUT2D eigenvalue weighted by atomic mass is 32.2. The topological polar surface area (TPSA) is 103 Å². The van der Waals surface area contributed by atoms with Crippen molar-refractivity contribution in [3.8, 4) is 23.0 Å². The lowest BCUT2D eigenvalue weighted by Crippen LogP contribution is -2.48. The van der Waals surface area contributed by atoms with Gasteiger partial charge in [-0.15, -0.1) is 0 Å². The van der Waals surface area contributed by atoms with Crippen molar-refractivity contribution >= 4 is 15.9 Å². The van der Waals surface area contributed by atoms with Gasteiger partial charge in [0.1, 0.15) is 6.61 Å². The van der Waals surface area contributed by atoms with Crippen molar-refractivity contribution < 1.29 is 32.2 Å². The van der Waals surface area contributed by atoms with Gasteiger partial charge in [0.05, 0.1) is 19.1 Å². The maximum Gasteiger partial charge on any atom is 0.267 e. The fourth-order valence-corrected chi connectivity index (χ4v) is 4.94. The summed E-state index contributed by atoms with van der Waals surface area (Å²) in [6.45, 7) is 1.58. The minimum absolute atomic E-state index is 0.0465. The monoisotopic (exact) mass is 476 g/mol. The Balaban J connectivity index is 1.42. The molecule has 0 radical (unpaired) electrons. The molecule has 1 atom stereocenters. The van der Waals surface area contributed by atoms with E-state index in [1.807, 2.05) is 0 Å². The van der Waals surface area contributed by atoms with Crippen LogP contribution in [0.2, 0.25) is 0 Å². The van der Waals surface area contributed by atoms with Gasteiger partial charge in [0.25, 0.3) is 5.91 Å². The number of amides is 1. The van der Waals surface area contributed by atoms with Crippen LogP contribution in [0.15, 0.2) is 41.3 Å². The molecule has 4 rings (SSSR count). The molecule has 9 nitrogen and oxygen atoms in total. The highest BCUT2D eigenvalue weighted by Gasteiger charge is 2.32. The average molecular weight is 477 g/mol. The zero-order valence-corrected chi connectivity index (χ0v) is 19.5. The summed E-state index contributed by atoms with van der Waals surface area (Å²) < 4.78 is 50.2. The largest absolute Gasteiger partial charge is 0.493 e. The second kappa shape index (κ2) is 9.88. The van der Waals surface area contributed by atoms with Crippen LogP contribution in [0.3, 0.4) is 0 Å². The molecule has 2 aromatic rings. The Morgan fingerprint density at radius 2 is 1.79 bits per heavy atom. The van der Waals surface area contributed by atoms with Crippen molar-refractivity contribution in [1.82, 2.24) is 9.62 Å². The minimum Gasteiger partial charge on any atom is -0.493 e. The van der Waals surface area contributed by atoms with Gasteiger partial charge in [-0.2, -0.15) is 0 Å². The number of likely N-dealkylation sites (tertiary alicyclic amines) is 1. The number of nitrogens with zero attached hydrogens (tertiary/aromatic N) is 1. The van der Waals surface area contributed by atoms with Gasteiger partial charge in [0.2, 0.25) is 16.1 Å². The standard InChI is InChI=1S/C23H28N2O7S/c1-29-18-8-6-16(12-20(18)30-2)14-24-33(27,28)17-7-9-19-21(13-17)31-15-22(32-19)23(26)25-10-4-3-5-11-25/h6-9,12-13,22,24H,3-5,10-11,14-15H2,1-2H3/t22-/m0/s1. The number of ether oxygens (including phenoxy) is 4. The molecule has 0 spiro atoms. The van der Waals surface area contributed by atoms with Crippen LogP contribution in [-0.4, -0.2) is 59.2 Å². The first kappa shape index (κ1) is 23.2. The molecule has 0 unspecified atom stereocenters. The third-order valence-electron chi connectivity index (χ3n) is 5.74. The van der Waals surface area contributed by atoms with E-state index in [0.29, 0.717) is 28.6 Å². The number of nitrogens with one attached hydrogen (secondary N) is 1. The van der Waals surface area contributed by atoms with Gasteiger partial charge in [-0.3, -0.25) is 4.79 Å². The van der Waals surface area contributed by atoms with Gasteiger partial charge in [-0.05, 0) is 49.1 Å². The average Bonchev–Trinajstić information content (AvgIpc) is 2.86. The van der Waals surface area contributed by atoms with E-state index >= 15 is 0 Å². The molecule has 33 heavy (non-hydrogen) atoms. The Kier molecular flexibility index (Phi) is 6.94. The van der Waals surface area contributed by atoms with Crippen molar-refractivity contribution in [2.24, 2.45) is 0 Å². The fourth-order valence-electron chi connectivity index (χ4n) is 3.91. The maximum atomic E-state index is 12.8. The molecule has 1 fully saturated rings. The molecular formula is C23H28N2O7S. The second-order valence-corrected chi connectivity index (χ2v) is 9.69. The number of hydrogen-bond acceptors (Lipinski definition) is 7. The van der Waals surface area contributed by atoms with E-state index in [1.165, 1.54) is 32.4 Å². The summed E-state index contributed by atoms with van der Waals surface area (Å²) in [7, 11) is -0.752. The smallest absolute Gasteiger partial charge is 0.267 e.